The standard InChI is InChI=1S/C18H26N2O/c1-12-5-6-15(19)14(7-12)16(21)20-11-18(4)9-13(20)8-17(2,3)10-18/h5-7,13H,8-11,19H2,1-4H3. The van der Waals surface area contributed by atoms with Crippen LogP contribution in [0.15, 0.2) is 18.2 Å². The molecule has 3 rings (SSSR count). The van der Waals surface area contributed by atoms with Crippen molar-refractivity contribution in [3.63, 3.8) is 0 Å². The number of amides is 1. The van der Waals surface area contributed by atoms with Gasteiger partial charge in [0.15, 0.2) is 0 Å². The van der Waals surface area contributed by atoms with Crippen LogP contribution < -0.4 is 5.73 Å². The van der Waals surface area contributed by atoms with E-state index in [4.69, 9.17) is 5.73 Å². The lowest BCUT2D eigenvalue weighted by Crippen LogP contribution is -2.38. The number of hydrogen-bond donors (Lipinski definition) is 1. The monoisotopic (exact) mass is 286 g/mol. The predicted molar refractivity (Wildman–Crippen MR) is 86.2 cm³/mol. The van der Waals surface area contributed by atoms with E-state index in [2.05, 4.69) is 25.7 Å². The van der Waals surface area contributed by atoms with Crippen molar-refractivity contribution < 1.29 is 4.79 Å². The summed E-state index contributed by atoms with van der Waals surface area (Å²) in [6, 6.07) is 6.09. The molecular formula is C18H26N2O. The second-order valence-electron chi connectivity index (χ2n) is 8.24. The minimum atomic E-state index is 0.114. The van der Waals surface area contributed by atoms with Crippen LogP contribution in [0.2, 0.25) is 0 Å². The molecule has 2 bridgehead atoms. The molecule has 2 aliphatic rings. The first-order valence-electron chi connectivity index (χ1n) is 7.86. The molecule has 2 N–H and O–H groups in total. The largest absolute Gasteiger partial charge is 0.398 e. The van der Waals surface area contributed by atoms with Gasteiger partial charge in [0, 0.05) is 18.3 Å². The van der Waals surface area contributed by atoms with Gasteiger partial charge in [-0.05, 0) is 49.1 Å². The fraction of sp³-hybridized carbons (Fsp3) is 0.611. The second kappa shape index (κ2) is 4.49. The van der Waals surface area contributed by atoms with Gasteiger partial charge in [-0.1, -0.05) is 32.4 Å². The maximum absolute atomic E-state index is 13.0. The molecule has 0 aromatic heterocycles. The summed E-state index contributed by atoms with van der Waals surface area (Å²) < 4.78 is 0. The van der Waals surface area contributed by atoms with Gasteiger partial charge in [0.05, 0.1) is 5.56 Å². The van der Waals surface area contributed by atoms with E-state index in [1.165, 1.54) is 6.42 Å². The molecule has 0 spiro atoms. The number of carbonyl (C=O) groups is 1. The van der Waals surface area contributed by atoms with Gasteiger partial charge in [0.25, 0.3) is 5.91 Å². The minimum Gasteiger partial charge on any atom is -0.398 e. The quantitative estimate of drug-likeness (QED) is 0.801. The van der Waals surface area contributed by atoms with Crippen molar-refractivity contribution in [1.29, 1.82) is 0 Å². The Morgan fingerprint density at radius 3 is 2.71 bits per heavy atom. The van der Waals surface area contributed by atoms with Crippen LogP contribution in [0.4, 0.5) is 5.69 Å². The maximum Gasteiger partial charge on any atom is 0.256 e. The summed E-state index contributed by atoms with van der Waals surface area (Å²) in [5, 5.41) is 0. The third-order valence-corrected chi connectivity index (χ3v) is 5.11. The lowest BCUT2D eigenvalue weighted by atomic mass is 9.65. The minimum absolute atomic E-state index is 0.114. The van der Waals surface area contributed by atoms with Crippen LogP contribution in [0.25, 0.3) is 0 Å². The number of nitrogens with zero attached hydrogens (tertiary/aromatic N) is 1. The number of fused-ring (bicyclic) bond motifs is 2. The topological polar surface area (TPSA) is 46.3 Å². The van der Waals surface area contributed by atoms with Crippen molar-refractivity contribution in [3.8, 4) is 0 Å². The van der Waals surface area contributed by atoms with E-state index in [1.807, 2.05) is 25.1 Å². The van der Waals surface area contributed by atoms with Gasteiger partial charge in [-0.3, -0.25) is 4.79 Å². The molecule has 114 valence electrons. The van der Waals surface area contributed by atoms with Crippen LogP contribution in [0.3, 0.4) is 0 Å². The van der Waals surface area contributed by atoms with E-state index < -0.39 is 0 Å². The molecule has 1 heterocycles. The van der Waals surface area contributed by atoms with E-state index >= 15 is 0 Å². The van der Waals surface area contributed by atoms with Gasteiger partial charge in [-0.2, -0.15) is 0 Å². The second-order valence-corrected chi connectivity index (χ2v) is 8.24. The van der Waals surface area contributed by atoms with Crippen LogP contribution in [0.1, 0.15) is 56.0 Å². The first kappa shape index (κ1) is 14.4. The van der Waals surface area contributed by atoms with Gasteiger partial charge in [-0.25, -0.2) is 0 Å². The predicted octanol–water partition coefficient (Wildman–Crippen LogP) is 3.62. The van der Waals surface area contributed by atoms with E-state index in [9.17, 15) is 4.79 Å². The molecule has 2 unspecified atom stereocenters. The molecule has 1 aliphatic heterocycles. The molecule has 0 radical (unpaired) electrons. The highest BCUT2D eigenvalue weighted by Gasteiger charge is 2.51. The number of rotatable bonds is 1. The Morgan fingerprint density at radius 2 is 2.00 bits per heavy atom. The van der Waals surface area contributed by atoms with Crippen molar-refractivity contribution >= 4 is 11.6 Å². The van der Waals surface area contributed by atoms with E-state index in [-0.39, 0.29) is 11.3 Å². The van der Waals surface area contributed by atoms with Crippen molar-refractivity contribution in [1.82, 2.24) is 4.90 Å². The molecule has 1 aromatic carbocycles. The first-order chi connectivity index (χ1) is 9.69. The molecule has 1 saturated carbocycles. The molecule has 21 heavy (non-hydrogen) atoms. The van der Waals surface area contributed by atoms with E-state index in [0.29, 0.717) is 22.7 Å². The highest BCUT2D eigenvalue weighted by Crippen LogP contribution is 2.52. The average molecular weight is 286 g/mol. The summed E-state index contributed by atoms with van der Waals surface area (Å²) in [4.78, 5) is 15.0. The number of carbonyl (C=O) groups excluding carboxylic acids is 1. The van der Waals surface area contributed by atoms with E-state index in [1.54, 1.807) is 0 Å². The van der Waals surface area contributed by atoms with Crippen LogP contribution in [-0.4, -0.2) is 23.4 Å². The number of aryl methyl sites for hydroxylation is 1. The number of anilines is 1. The summed E-state index contributed by atoms with van der Waals surface area (Å²) in [6.45, 7) is 9.85. The molecule has 3 heteroatoms. The molecule has 1 saturated heterocycles. The molecule has 1 amide bonds. The zero-order chi connectivity index (χ0) is 15.4. The summed E-state index contributed by atoms with van der Waals surface area (Å²) in [5.41, 5.74) is 8.97. The van der Waals surface area contributed by atoms with Crippen LogP contribution in [0.5, 0.6) is 0 Å². The van der Waals surface area contributed by atoms with Crippen LogP contribution in [0, 0.1) is 17.8 Å². The van der Waals surface area contributed by atoms with E-state index in [0.717, 1.165) is 24.9 Å². The van der Waals surface area contributed by atoms with Crippen LogP contribution in [-0.2, 0) is 0 Å². The number of benzene rings is 1. The summed E-state index contributed by atoms with van der Waals surface area (Å²) >= 11 is 0. The molecule has 1 aliphatic carbocycles. The Balaban J connectivity index is 1.91. The normalized spacial score (nSPS) is 30.5. The fourth-order valence-electron chi connectivity index (χ4n) is 4.71. The maximum atomic E-state index is 13.0. The number of nitrogen functional groups attached to an aromatic ring is 1. The summed E-state index contributed by atoms with van der Waals surface area (Å²) in [5.74, 6) is 0.114. The SMILES string of the molecule is Cc1ccc(N)c(C(=O)N2CC3(C)CC2CC(C)(C)C3)c1. The average Bonchev–Trinajstić information content (AvgIpc) is 2.61. The van der Waals surface area contributed by atoms with Crippen molar-refractivity contribution in [2.24, 2.45) is 10.8 Å². The number of nitrogens with two attached hydrogens (primary N) is 1. The van der Waals surface area contributed by atoms with Gasteiger partial charge >= 0.3 is 0 Å². The van der Waals surface area contributed by atoms with Crippen LogP contribution >= 0.6 is 0 Å². The summed E-state index contributed by atoms with van der Waals surface area (Å²) in [7, 11) is 0. The highest BCUT2D eigenvalue weighted by atomic mass is 16.2. The number of hydrogen-bond acceptors (Lipinski definition) is 2. The van der Waals surface area contributed by atoms with Gasteiger partial charge in [0.2, 0.25) is 0 Å². The molecule has 2 atom stereocenters. The fourth-order valence-corrected chi connectivity index (χ4v) is 4.71. The molecule has 3 nitrogen and oxygen atoms in total. The lowest BCUT2D eigenvalue weighted by molar-refractivity contribution is 0.0709. The zero-order valence-corrected chi connectivity index (χ0v) is 13.6. The Morgan fingerprint density at radius 1 is 1.29 bits per heavy atom. The zero-order valence-electron chi connectivity index (χ0n) is 13.6. The third-order valence-electron chi connectivity index (χ3n) is 5.11. The van der Waals surface area contributed by atoms with Crippen molar-refractivity contribution in [2.75, 3.05) is 12.3 Å². The highest BCUT2D eigenvalue weighted by molar-refractivity contribution is 5.99. The van der Waals surface area contributed by atoms with Crippen molar-refractivity contribution in [2.45, 2.75) is 53.0 Å². The van der Waals surface area contributed by atoms with Gasteiger partial charge in [-0.15, -0.1) is 0 Å². The Labute approximate surface area is 127 Å². The lowest BCUT2D eigenvalue weighted by Gasteiger charge is -2.39. The Hall–Kier alpha value is -1.51. The molecule has 2 fully saturated rings. The smallest absolute Gasteiger partial charge is 0.256 e. The third kappa shape index (κ3) is 2.54. The first-order valence-corrected chi connectivity index (χ1v) is 7.86. The molecular weight excluding hydrogens is 260 g/mol. The van der Waals surface area contributed by atoms with Gasteiger partial charge < -0.3 is 10.6 Å². The Bertz CT molecular complexity index is 593. The van der Waals surface area contributed by atoms with Crippen molar-refractivity contribution in [3.05, 3.63) is 29.3 Å². The summed E-state index contributed by atoms with van der Waals surface area (Å²) in [6.07, 6.45) is 3.43. The number of likely N-dealkylation sites (tertiary alicyclic amines) is 1. The van der Waals surface area contributed by atoms with Gasteiger partial charge in [0.1, 0.15) is 0 Å². The Kier molecular flexibility index (Phi) is 3.09. The molecule has 1 aromatic rings.